The van der Waals surface area contributed by atoms with E-state index >= 15 is 0 Å². The number of benzene rings is 2. The lowest BCUT2D eigenvalue weighted by atomic mass is 10.1. The lowest BCUT2D eigenvalue weighted by Crippen LogP contribution is -1.85. The summed E-state index contributed by atoms with van der Waals surface area (Å²) in [6, 6.07) is 16.0. The van der Waals surface area contributed by atoms with Crippen LogP contribution in [0.25, 0.3) is 33.7 Å². The minimum absolute atomic E-state index is 0.410. The molecule has 0 radical (unpaired) electrons. The van der Waals surface area contributed by atoms with Gasteiger partial charge in [-0.2, -0.15) is 0 Å². The Morgan fingerprint density at radius 1 is 0.905 bits per heavy atom. The van der Waals surface area contributed by atoms with Crippen LogP contribution in [0.2, 0.25) is 0 Å². The molecule has 2 heterocycles. The highest BCUT2D eigenvalue weighted by Gasteiger charge is 2.11. The van der Waals surface area contributed by atoms with E-state index in [1.807, 2.05) is 54.7 Å². The van der Waals surface area contributed by atoms with Gasteiger partial charge >= 0.3 is 0 Å². The standard InChI is InChI=1S/C16H13N5/c17-16-20-12-8-4-7-11(14(12)21-16)15-18-9-13(19-15)10-5-2-1-3-6-10/h1-9H,(H,18,19)(H3,17,20,21). The van der Waals surface area contributed by atoms with E-state index in [9.17, 15) is 0 Å². The molecule has 2 aromatic carbocycles. The van der Waals surface area contributed by atoms with Crippen LogP contribution in [0.5, 0.6) is 0 Å². The van der Waals surface area contributed by atoms with Gasteiger partial charge in [0, 0.05) is 5.56 Å². The summed E-state index contributed by atoms with van der Waals surface area (Å²) >= 11 is 0. The van der Waals surface area contributed by atoms with E-state index in [2.05, 4.69) is 19.9 Å². The summed E-state index contributed by atoms with van der Waals surface area (Å²) in [5.41, 5.74) is 10.5. The van der Waals surface area contributed by atoms with Crippen LogP contribution in [0.4, 0.5) is 5.95 Å². The number of nitrogens with one attached hydrogen (secondary N) is 2. The molecule has 0 atom stereocenters. The molecule has 0 saturated carbocycles. The number of imidazole rings is 2. The summed E-state index contributed by atoms with van der Waals surface area (Å²) in [6.45, 7) is 0. The van der Waals surface area contributed by atoms with Gasteiger partial charge in [0.05, 0.1) is 17.4 Å². The number of hydrogen-bond donors (Lipinski definition) is 3. The summed E-state index contributed by atoms with van der Waals surface area (Å²) in [5, 5.41) is 0. The Hall–Kier alpha value is -3.08. The lowest BCUT2D eigenvalue weighted by Gasteiger charge is -1.99. The van der Waals surface area contributed by atoms with Gasteiger partial charge in [0.25, 0.3) is 0 Å². The summed E-state index contributed by atoms with van der Waals surface area (Å²) < 4.78 is 0. The second-order valence-corrected chi connectivity index (χ2v) is 4.84. The van der Waals surface area contributed by atoms with Crippen LogP contribution < -0.4 is 5.73 Å². The largest absolute Gasteiger partial charge is 0.369 e. The highest BCUT2D eigenvalue weighted by molar-refractivity contribution is 5.91. The molecular weight excluding hydrogens is 262 g/mol. The number of anilines is 1. The Morgan fingerprint density at radius 3 is 2.62 bits per heavy atom. The van der Waals surface area contributed by atoms with E-state index in [-0.39, 0.29) is 0 Å². The maximum absolute atomic E-state index is 5.74. The molecule has 0 fully saturated rings. The van der Waals surface area contributed by atoms with Crippen molar-refractivity contribution in [2.24, 2.45) is 0 Å². The third-order valence-corrected chi connectivity index (χ3v) is 3.45. The number of aromatic nitrogens is 4. The molecule has 0 saturated heterocycles. The van der Waals surface area contributed by atoms with E-state index in [0.29, 0.717) is 5.95 Å². The first-order chi connectivity index (χ1) is 10.3. The third kappa shape index (κ3) is 1.95. The van der Waals surface area contributed by atoms with Crippen molar-refractivity contribution >= 4 is 17.0 Å². The zero-order valence-electron chi connectivity index (χ0n) is 11.2. The van der Waals surface area contributed by atoms with Crippen molar-refractivity contribution in [2.45, 2.75) is 0 Å². The average molecular weight is 275 g/mol. The van der Waals surface area contributed by atoms with Crippen LogP contribution >= 0.6 is 0 Å². The second-order valence-electron chi connectivity index (χ2n) is 4.84. The summed E-state index contributed by atoms with van der Waals surface area (Å²) in [7, 11) is 0. The van der Waals surface area contributed by atoms with Crippen molar-refractivity contribution in [3.05, 3.63) is 54.7 Å². The van der Waals surface area contributed by atoms with E-state index in [0.717, 1.165) is 33.7 Å². The van der Waals surface area contributed by atoms with Crippen molar-refractivity contribution in [1.82, 2.24) is 19.9 Å². The molecule has 21 heavy (non-hydrogen) atoms. The Morgan fingerprint density at radius 2 is 1.76 bits per heavy atom. The van der Waals surface area contributed by atoms with Crippen molar-refractivity contribution < 1.29 is 0 Å². The van der Waals surface area contributed by atoms with E-state index in [1.54, 1.807) is 0 Å². The molecule has 0 aliphatic rings. The van der Waals surface area contributed by atoms with Gasteiger partial charge in [-0.05, 0) is 17.7 Å². The zero-order chi connectivity index (χ0) is 14.2. The number of aromatic amines is 2. The summed E-state index contributed by atoms with van der Waals surface area (Å²) in [6.07, 6.45) is 1.83. The van der Waals surface area contributed by atoms with E-state index in [4.69, 9.17) is 5.73 Å². The van der Waals surface area contributed by atoms with Crippen molar-refractivity contribution in [2.75, 3.05) is 5.73 Å². The molecule has 4 rings (SSSR count). The van der Waals surface area contributed by atoms with Crippen LogP contribution in [0.15, 0.2) is 54.7 Å². The molecule has 0 bridgehead atoms. The lowest BCUT2D eigenvalue weighted by molar-refractivity contribution is 1.31. The topological polar surface area (TPSA) is 83.4 Å². The molecular formula is C16H13N5. The van der Waals surface area contributed by atoms with Gasteiger partial charge < -0.3 is 15.7 Å². The minimum Gasteiger partial charge on any atom is -0.369 e. The van der Waals surface area contributed by atoms with Crippen LogP contribution in [-0.4, -0.2) is 19.9 Å². The van der Waals surface area contributed by atoms with Gasteiger partial charge in [-0.3, -0.25) is 0 Å². The number of fused-ring (bicyclic) bond motifs is 1. The van der Waals surface area contributed by atoms with Gasteiger partial charge in [-0.1, -0.05) is 36.4 Å². The SMILES string of the molecule is Nc1nc2c(-c3ncc(-c4ccccc4)[nH]3)cccc2[nH]1. The number of hydrogen-bond acceptors (Lipinski definition) is 3. The first-order valence-corrected chi connectivity index (χ1v) is 6.66. The Labute approximate surface area is 120 Å². The van der Waals surface area contributed by atoms with E-state index < -0.39 is 0 Å². The van der Waals surface area contributed by atoms with Crippen LogP contribution in [-0.2, 0) is 0 Å². The molecule has 2 aromatic heterocycles. The number of nitrogen functional groups attached to an aromatic ring is 1. The summed E-state index contributed by atoms with van der Waals surface area (Å²) in [5.74, 6) is 1.19. The quantitative estimate of drug-likeness (QED) is 0.525. The van der Waals surface area contributed by atoms with Gasteiger partial charge in [-0.25, -0.2) is 9.97 Å². The second kappa shape index (κ2) is 4.49. The molecule has 5 heteroatoms. The molecule has 5 nitrogen and oxygen atoms in total. The number of H-pyrrole nitrogens is 2. The first-order valence-electron chi connectivity index (χ1n) is 6.66. The number of nitrogens with two attached hydrogens (primary N) is 1. The Balaban J connectivity index is 1.85. The van der Waals surface area contributed by atoms with Gasteiger partial charge in [-0.15, -0.1) is 0 Å². The fourth-order valence-electron chi connectivity index (χ4n) is 2.46. The molecule has 4 aromatic rings. The van der Waals surface area contributed by atoms with Gasteiger partial charge in [0.2, 0.25) is 0 Å². The van der Waals surface area contributed by atoms with Crippen LogP contribution in [0.3, 0.4) is 0 Å². The average Bonchev–Trinajstić information content (AvgIpc) is 3.13. The molecule has 0 aliphatic carbocycles. The molecule has 0 unspecified atom stereocenters. The first kappa shape index (κ1) is 11.7. The maximum Gasteiger partial charge on any atom is 0.198 e. The zero-order valence-corrected chi connectivity index (χ0v) is 11.2. The van der Waals surface area contributed by atoms with Crippen LogP contribution in [0.1, 0.15) is 0 Å². The van der Waals surface area contributed by atoms with Crippen molar-refractivity contribution in [3.8, 4) is 22.6 Å². The normalized spacial score (nSPS) is 11.0. The number of nitrogens with zero attached hydrogens (tertiary/aromatic N) is 2. The number of rotatable bonds is 2. The van der Waals surface area contributed by atoms with Crippen molar-refractivity contribution in [3.63, 3.8) is 0 Å². The van der Waals surface area contributed by atoms with Gasteiger partial charge in [0.1, 0.15) is 11.3 Å². The van der Waals surface area contributed by atoms with Crippen LogP contribution in [0, 0.1) is 0 Å². The number of para-hydroxylation sites is 1. The highest BCUT2D eigenvalue weighted by atomic mass is 15.0. The molecule has 102 valence electrons. The Bertz CT molecular complexity index is 905. The minimum atomic E-state index is 0.410. The Kier molecular flexibility index (Phi) is 2.50. The molecule has 0 spiro atoms. The molecule has 0 amide bonds. The fourth-order valence-corrected chi connectivity index (χ4v) is 2.46. The third-order valence-electron chi connectivity index (χ3n) is 3.45. The smallest absolute Gasteiger partial charge is 0.198 e. The monoisotopic (exact) mass is 275 g/mol. The molecule has 4 N–H and O–H groups in total. The highest BCUT2D eigenvalue weighted by Crippen LogP contribution is 2.27. The van der Waals surface area contributed by atoms with Gasteiger partial charge in [0.15, 0.2) is 5.95 Å². The fraction of sp³-hybridized carbons (Fsp3) is 0. The predicted molar refractivity (Wildman–Crippen MR) is 83.5 cm³/mol. The van der Waals surface area contributed by atoms with E-state index in [1.165, 1.54) is 0 Å². The maximum atomic E-state index is 5.74. The molecule has 0 aliphatic heterocycles. The predicted octanol–water partition coefficient (Wildman–Crippen LogP) is 3.20. The van der Waals surface area contributed by atoms with Crippen molar-refractivity contribution in [1.29, 1.82) is 0 Å². The summed E-state index contributed by atoms with van der Waals surface area (Å²) in [4.78, 5) is 15.2.